The van der Waals surface area contributed by atoms with E-state index in [0.717, 1.165) is 0 Å². The molecule has 2 heterocycles. The molecule has 0 fully saturated rings. The Morgan fingerprint density at radius 3 is 2.88 bits per heavy atom. The van der Waals surface area contributed by atoms with Gasteiger partial charge in [0.15, 0.2) is 11.6 Å². The molecule has 0 bridgehead atoms. The Morgan fingerprint density at radius 1 is 1.38 bits per heavy atom. The summed E-state index contributed by atoms with van der Waals surface area (Å²) in [5.41, 5.74) is 0. The van der Waals surface area contributed by atoms with Gasteiger partial charge in [-0.15, -0.1) is 0 Å². The van der Waals surface area contributed by atoms with E-state index in [0.29, 0.717) is 11.6 Å². The van der Waals surface area contributed by atoms with E-state index in [4.69, 9.17) is 4.42 Å². The molecule has 0 N–H and O–H groups in total. The molecule has 0 aliphatic heterocycles. The summed E-state index contributed by atoms with van der Waals surface area (Å²) in [6.45, 7) is 0. The SMILES string of the molecule is O=[N+]([O-])c1ccc(C=Nc2ccccn2)o1. The molecule has 0 radical (unpaired) electrons. The first kappa shape index (κ1) is 10.0. The zero-order chi connectivity index (χ0) is 11.4. The van der Waals surface area contributed by atoms with Crippen molar-refractivity contribution in [3.8, 4) is 0 Å². The van der Waals surface area contributed by atoms with Crippen LogP contribution >= 0.6 is 0 Å². The van der Waals surface area contributed by atoms with E-state index in [1.165, 1.54) is 18.3 Å². The Bertz CT molecular complexity index is 519. The Labute approximate surface area is 90.4 Å². The largest absolute Gasteiger partial charge is 0.433 e. The average molecular weight is 217 g/mol. The van der Waals surface area contributed by atoms with Gasteiger partial charge in [-0.05, 0) is 18.2 Å². The van der Waals surface area contributed by atoms with E-state index < -0.39 is 4.92 Å². The normalized spacial score (nSPS) is 10.8. The maximum absolute atomic E-state index is 10.3. The zero-order valence-electron chi connectivity index (χ0n) is 8.11. The summed E-state index contributed by atoms with van der Waals surface area (Å²) in [4.78, 5) is 17.7. The topological polar surface area (TPSA) is 81.5 Å². The quantitative estimate of drug-likeness (QED) is 0.448. The van der Waals surface area contributed by atoms with Gasteiger partial charge < -0.3 is 4.42 Å². The van der Waals surface area contributed by atoms with Crippen LogP contribution in [0, 0.1) is 10.1 Å². The molecule has 0 aliphatic carbocycles. The smallest absolute Gasteiger partial charge is 0.400 e. The Hall–Kier alpha value is -2.50. The molecule has 6 heteroatoms. The van der Waals surface area contributed by atoms with E-state index >= 15 is 0 Å². The lowest BCUT2D eigenvalue weighted by Crippen LogP contribution is -1.83. The molecule has 0 aliphatic rings. The standard InChI is InChI=1S/C10H7N3O3/c14-13(15)10-5-4-8(16-10)7-12-9-3-1-2-6-11-9/h1-7H. The van der Waals surface area contributed by atoms with Gasteiger partial charge in [0.05, 0.1) is 12.3 Å². The van der Waals surface area contributed by atoms with E-state index in [1.807, 2.05) is 0 Å². The summed E-state index contributed by atoms with van der Waals surface area (Å²) in [6, 6.07) is 8.04. The predicted molar refractivity (Wildman–Crippen MR) is 56.9 cm³/mol. The molecule has 0 aromatic carbocycles. The summed E-state index contributed by atoms with van der Waals surface area (Å²) in [5, 5.41) is 10.3. The molecule has 80 valence electrons. The highest BCUT2D eigenvalue weighted by molar-refractivity contribution is 5.78. The van der Waals surface area contributed by atoms with Crippen LogP contribution in [0.15, 0.2) is 45.9 Å². The van der Waals surface area contributed by atoms with Gasteiger partial charge in [-0.2, -0.15) is 0 Å². The summed E-state index contributed by atoms with van der Waals surface area (Å²) in [7, 11) is 0. The highest BCUT2D eigenvalue weighted by Crippen LogP contribution is 2.14. The van der Waals surface area contributed by atoms with Crippen LogP contribution < -0.4 is 0 Å². The van der Waals surface area contributed by atoms with Crippen LogP contribution in [0.5, 0.6) is 0 Å². The van der Waals surface area contributed by atoms with Gasteiger partial charge in [0.1, 0.15) is 4.92 Å². The van der Waals surface area contributed by atoms with Crippen molar-refractivity contribution in [3.05, 3.63) is 52.4 Å². The number of rotatable bonds is 3. The highest BCUT2D eigenvalue weighted by atomic mass is 16.6. The third-order valence-electron chi connectivity index (χ3n) is 1.77. The number of pyridine rings is 1. The minimum atomic E-state index is -0.599. The number of nitrogens with zero attached hydrogens (tertiary/aromatic N) is 3. The van der Waals surface area contributed by atoms with Crippen molar-refractivity contribution < 1.29 is 9.34 Å². The lowest BCUT2D eigenvalue weighted by molar-refractivity contribution is -0.402. The summed E-state index contributed by atoms with van der Waals surface area (Å²) < 4.78 is 4.89. The zero-order valence-corrected chi connectivity index (χ0v) is 8.11. The van der Waals surface area contributed by atoms with Crippen molar-refractivity contribution in [2.45, 2.75) is 0 Å². The van der Waals surface area contributed by atoms with Crippen LogP contribution in [0.3, 0.4) is 0 Å². The molecule has 0 saturated carbocycles. The maximum Gasteiger partial charge on any atom is 0.433 e. The van der Waals surface area contributed by atoms with Crippen LogP contribution in [-0.2, 0) is 0 Å². The molecule has 0 amide bonds. The van der Waals surface area contributed by atoms with Crippen molar-refractivity contribution >= 4 is 17.9 Å². The Balaban J connectivity index is 2.15. The first-order valence-electron chi connectivity index (χ1n) is 4.45. The number of furan rings is 1. The van der Waals surface area contributed by atoms with E-state index in [2.05, 4.69) is 9.98 Å². The molecule has 6 nitrogen and oxygen atoms in total. The lowest BCUT2D eigenvalue weighted by atomic mass is 10.4. The fourth-order valence-electron chi connectivity index (χ4n) is 1.07. The van der Waals surface area contributed by atoms with Crippen LogP contribution in [0.25, 0.3) is 0 Å². The maximum atomic E-state index is 10.3. The van der Waals surface area contributed by atoms with Gasteiger partial charge in [0, 0.05) is 6.20 Å². The lowest BCUT2D eigenvalue weighted by Gasteiger charge is -1.88. The molecule has 0 spiro atoms. The van der Waals surface area contributed by atoms with Crippen LogP contribution in [0.1, 0.15) is 5.76 Å². The predicted octanol–water partition coefficient (Wildman–Crippen LogP) is 2.33. The van der Waals surface area contributed by atoms with Crippen molar-refractivity contribution in [3.63, 3.8) is 0 Å². The molecule has 2 rings (SSSR count). The van der Waals surface area contributed by atoms with Crippen molar-refractivity contribution in [1.29, 1.82) is 0 Å². The third-order valence-corrected chi connectivity index (χ3v) is 1.77. The van der Waals surface area contributed by atoms with Crippen molar-refractivity contribution in [2.75, 3.05) is 0 Å². The van der Waals surface area contributed by atoms with Gasteiger partial charge in [0.25, 0.3) is 0 Å². The first-order chi connectivity index (χ1) is 7.75. The van der Waals surface area contributed by atoms with Gasteiger partial charge in [-0.1, -0.05) is 6.07 Å². The van der Waals surface area contributed by atoms with Gasteiger partial charge in [-0.3, -0.25) is 10.1 Å². The van der Waals surface area contributed by atoms with E-state index in [9.17, 15) is 10.1 Å². The number of aliphatic imine (C=N–C) groups is 1. The summed E-state index contributed by atoms with van der Waals surface area (Å²) in [5.74, 6) is 0.529. The summed E-state index contributed by atoms with van der Waals surface area (Å²) in [6.07, 6.45) is 2.99. The van der Waals surface area contributed by atoms with Crippen LogP contribution in [-0.4, -0.2) is 16.1 Å². The number of hydrogen-bond acceptors (Lipinski definition) is 5. The van der Waals surface area contributed by atoms with Crippen LogP contribution in [0.4, 0.5) is 11.7 Å². The molecular weight excluding hydrogens is 210 g/mol. The molecule has 2 aromatic heterocycles. The van der Waals surface area contributed by atoms with Gasteiger partial charge in [0.2, 0.25) is 0 Å². The average Bonchev–Trinajstić information content (AvgIpc) is 2.76. The molecule has 0 unspecified atom stereocenters. The second kappa shape index (κ2) is 4.35. The molecule has 0 atom stereocenters. The minimum Gasteiger partial charge on any atom is -0.400 e. The van der Waals surface area contributed by atoms with Crippen molar-refractivity contribution in [2.24, 2.45) is 4.99 Å². The molecule has 2 aromatic rings. The number of nitro groups is 1. The third kappa shape index (κ3) is 2.30. The van der Waals surface area contributed by atoms with Gasteiger partial charge >= 0.3 is 5.88 Å². The Morgan fingerprint density at radius 2 is 2.25 bits per heavy atom. The van der Waals surface area contributed by atoms with Crippen LogP contribution in [0.2, 0.25) is 0 Å². The molecule has 16 heavy (non-hydrogen) atoms. The van der Waals surface area contributed by atoms with Crippen molar-refractivity contribution in [1.82, 2.24) is 4.98 Å². The second-order valence-corrected chi connectivity index (χ2v) is 2.88. The highest BCUT2D eigenvalue weighted by Gasteiger charge is 2.09. The van der Waals surface area contributed by atoms with Gasteiger partial charge in [-0.25, -0.2) is 9.98 Å². The number of hydrogen-bond donors (Lipinski definition) is 0. The fourth-order valence-corrected chi connectivity index (χ4v) is 1.07. The second-order valence-electron chi connectivity index (χ2n) is 2.88. The summed E-state index contributed by atoms with van der Waals surface area (Å²) >= 11 is 0. The van der Waals surface area contributed by atoms with E-state index in [-0.39, 0.29) is 5.88 Å². The Kier molecular flexibility index (Phi) is 2.73. The first-order valence-corrected chi connectivity index (χ1v) is 4.45. The molecule has 0 saturated heterocycles. The number of aromatic nitrogens is 1. The minimum absolute atomic E-state index is 0.303. The molecular formula is C10H7N3O3. The van der Waals surface area contributed by atoms with E-state index in [1.54, 1.807) is 24.4 Å². The monoisotopic (exact) mass is 217 g/mol. The fraction of sp³-hybridized carbons (Fsp3) is 0.